The van der Waals surface area contributed by atoms with Crippen molar-refractivity contribution < 1.29 is 0 Å². The molecule has 0 atom stereocenters. The minimum absolute atomic E-state index is 0.505. The summed E-state index contributed by atoms with van der Waals surface area (Å²) in [6.45, 7) is 7.85. The van der Waals surface area contributed by atoms with Gasteiger partial charge in [0.1, 0.15) is 0 Å². The van der Waals surface area contributed by atoms with Crippen molar-refractivity contribution in [3.05, 3.63) is 4.77 Å². The molecule has 1 saturated carbocycles. The molecule has 5 heteroatoms. The zero-order chi connectivity index (χ0) is 14.0. The monoisotopic (exact) mass is 282 g/mol. The van der Waals surface area contributed by atoms with E-state index in [1.165, 1.54) is 25.7 Å². The molecule has 2 rings (SSSR count). The van der Waals surface area contributed by atoms with Gasteiger partial charge in [-0.15, -0.1) is 5.10 Å². The van der Waals surface area contributed by atoms with E-state index in [4.69, 9.17) is 12.2 Å². The molecule has 0 unspecified atom stereocenters. The summed E-state index contributed by atoms with van der Waals surface area (Å²) >= 11 is 5.31. The van der Waals surface area contributed by atoms with Crippen LogP contribution in [0.5, 0.6) is 0 Å². The summed E-state index contributed by atoms with van der Waals surface area (Å²) in [5, 5.41) is 7.35. The van der Waals surface area contributed by atoms with Crippen molar-refractivity contribution in [1.29, 1.82) is 0 Å². The lowest BCUT2D eigenvalue weighted by Gasteiger charge is -2.38. The summed E-state index contributed by atoms with van der Waals surface area (Å²) in [6, 6.07) is 0.592. The molecule has 1 fully saturated rings. The quantitative estimate of drug-likeness (QED) is 0.854. The van der Waals surface area contributed by atoms with Gasteiger partial charge in [-0.1, -0.05) is 20.8 Å². The van der Waals surface area contributed by atoms with Crippen molar-refractivity contribution in [3.63, 3.8) is 0 Å². The van der Waals surface area contributed by atoms with Crippen LogP contribution in [0.15, 0.2) is 0 Å². The first-order valence-electron chi connectivity index (χ1n) is 7.32. The maximum Gasteiger partial charge on any atom is 0.225 e. The molecular formula is C14H26N4S. The molecule has 1 aliphatic carbocycles. The summed E-state index contributed by atoms with van der Waals surface area (Å²) in [7, 11) is 2.15. The fourth-order valence-corrected chi connectivity index (χ4v) is 3.16. The zero-order valence-electron chi connectivity index (χ0n) is 12.6. The smallest absolute Gasteiger partial charge is 0.225 e. The first kappa shape index (κ1) is 14.6. The Morgan fingerprint density at radius 3 is 2.63 bits per heavy atom. The van der Waals surface area contributed by atoms with Crippen molar-refractivity contribution in [3.8, 4) is 0 Å². The van der Waals surface area contributed by atoms with Gasteiger partial charge in [-0.3, -0.25) is 4.57 Å². The predicted octanol–water partition coefficient (Wildman–Crippen LogP) is 3.76. The van der Waals surface area contributed by atoms with Crippen molar-refractivity contribution in [1.82, 2.24) is 14.8 Å². The van der Waals surface area contributed by atoms with Crippen molar-refractivity contribution in [2.24, 2.45) is 5.41 Å². The van der Waals surface area contributed by atoms with E-state index >= 15 is 0 Å². The van der Waals surface area contributed by atoms with Gasteiger partial charge < -0.3 is 4.90 Å². The molecule has 19 heavy (non-hydrogen) atoms. The average molecular weight is 282 g/mol. The molecule has 0 spiro atoms. The van der Waals surface area contributed by atoms with Gasteiger partial charge >= 0.3 is 0 Å². The van der Waals surface area contributed by atoms with Crippen molar-refractivity contribution in [2.45, 2.75) is 65.5 Å². The first-order chi connectivity index (χ1) is 8.94. The Kier molecular flexibility index (Phi) is 4.33. The predicted molar refractivity (Wildman–Crippen MR) is 82.1 cm³/mol. The molecule has 4 nitrogen and oxygen atoms in total. The van der Waals surface area contributed by atoms with Gasteiger partial charge in [-0.25, -0.2) is 5.10 Å². The Morgan fingerprint density at radius 2 is 2.05 bits per heavy atom. The largest absolute Gasteiger partial charge is 0.341 e. The number of hydrogen-bond donors (Lipinski definition) is 1. The highest BCUT2D eigenvalue weighted by atomic mass is 32.1. The Morgan fingerprint density at radius 1 is 1.42 bits per heavy atom. The van der Waals surface area contributed by atoms with Gasteiger partial charge in [0.15, 0.2) is 4.77 Å². The highest BCUT2D eigenvalue weighted by Gasteiger charge is 2.30. The average Bonchev–Trinajstić information content (AvgIpc) is 2.71. The Hall–Kier alpha value is -0.840. The number of nitrogens with zero attached hydrogens (tertiary/aromatic N) is 3. The van der Waals surface area contributed by atoms with Crippen LogP contribution >= 0.6 is 12.2 Å². The van der Waals surface area contributed by atoms with Crippen LogP contribution in [0.3, 0.4) is 0 Å². The second kappa shape index (κ2) is 5.65. The number of rotatable bonds is 4. The van der Waals surface area contributed by atoms with Crippen LogP contribution < -0.4 is 4.90 Å². The number of nitrogens with one attached hydrogen (secondary N) is 1. The molecular weight excluding hydrogens is 256 g/mol. The standard InChI is InChI=1S/C14H26N4S/c1-5-10-18-12(15-16-13(18)19)17(4)11-6-8-14(2,3)9-7-11/h11H,5-10H2,1-4H3,(H,16,19). The molecule has 0 radical (unpaired) electrons. The maximum absolute atomic E-state index is 5.31. The van der Waals surface area contributed by atoms with Crippen LogP contribution in [0, 0.1) is 10.2 Å². The van der Waals surface area contributed by atoms with E-state index < -0.39 is 0 Å². The van der Waals surface area contributed by atoms with E-state index in [0.717, 1.165) is 23.7 Å². The van der Waals surface area contributed by atoms with Gasteiger partial charge in [0, 0.05) is 19.6 Å². The number of aromatic nitrogens is 3. The maximum atomic E-state index is 5.31. The molecule has 0 amide bonds. The topological polar surface area (TPSA) is 36.9 Å². The minimum Gasteiger partial charge on any atom is -0.341 e. The molecule has 1 aromatic rings. The van der Waals surface area contributed by atoms with Crippen LogP contribution in [0.1, 0.15) is 52.9 Å². The normalized spacial score (nSPS) is 19.6. The van der Waals surface area contributed by atoms with Crippen LogP contribution in [-0.4, -0.2) is 27.9 Å². The van der Waals surface area contributed by atoms with Crippen molar-refractivity contribution >= 4 is 18.2 Å². The van der Waals surface area contributed by atoms with E-state index in [0.29, 0.717) is 11.5 Å². The van der Waals surface area contributed by atoms with Gasteiger partial charge in [-0.05, 0) is 49.7 Å². The SMILES string of the molecule is CCCn1c(N(C)C2CCC(C)(C)CC2)n[nH]c1=S. The van der Waals surface area contributed by atoms with E-state index in [1.54, 1.807) is 0 Å². The summed E-state index contributed by atoms with van der Waals surface area (Å²) in [5.41, 5.74) is 0.505. The molecule has 1 aromatic heterocycles. The van der Waals surface area contributed by atoms with E-state index in [1.807, 2.05) is 0 Å². The third kappa shape index (κ3) is 3.19. The summed E-state index contributed by atoms with van der Waals surface area (Å²) in [4.78, 5) is 2.32. The molecule has 0 aromatic carbocycles. The van der Waals surface area contributed by atoms with Gasteiger partial charge in [0.05, 0.1) is 0 Å². The molecule has 1 heterocycles. The van der Waals surface area contributed by atoms with E-state index in [9.17, 15) is 0 Å². The van der Waals surface area contributed by atoms with E-state index in [-0.39, 0.29) is 0 Å². The van der Waals surface area contributed by atoms with E-state index in [2.05, 4.69) is 47.5 Å². The van der Waals surface area contributed by atoms with Crippen LogP contribution in [-0.2, 0) is 6.54 Å². The highest BCUT2D eigenvalue weighted by molar-refractivity contribution is 7.71. The summed E-state index contributed by atoms with van der Waals surface area (Å²) in [5.74, 6) is 0.997. The lowest BCUT2D eigenvalue weighted by molar-refractivity contribution is 0.221. The zero-order valence-corrected chi connectivity index (χ0v) is 13.4. The molecule has 0 saturated heterocycles. The van der Waals surface area contributed by atoms with Crippen LogP contribution in [0.2, 0.25) is 0 Å². The molecule has 1 N–H and O–H groups in total. The molecule has 0 aliphatic heterocycles. The van der Waals surface area contributed by atoms with Crippen LogP contribution in [0.25, 0.3) is 0 Å². The molecule has 108 valence electrons. The number of hydrogen-bond acceptors (Lipinski definition) is 3. The summed E-state index contributed by atoms with van der Waals surface area (Å²) in [6.07, 6.45) is 6.15. The lowest BCUT2D eigenvalue weighted by atomic mass is 9.75. The third-order valence-electron chi connectivity index (χ3n) is 4.36. The fraction of sp³-hybridized carbons (Fsp3) is 0.857. The molecule has 1 aliphatic rings. The third-order valence-corrected chi connectivity index (χ3v) is 4.67. The number of H-pyrrole nitrogens is 1. The second-order valence-corrected chi connectivity index (χ2v) is 6.87. The first-order valence-corrected chi connectivity index (χ1v) is 7.73. The Bertz CT molecular complexity index is 464. The summed E-state index contributed by atoms with van der Waals surface area (Å²) < 4.78 is 2.86. The highest BCUT2D eigenvalue weighted by Crippen LogP contribution is 2.37. The van der Waals surface area contributed by atoms with Crippen molar-refractivity contribution in [2.75, 3.05) is 11.9 Å². The fourth-order valence-electron chi connectivity index (χ4n) is 2.94. The van der Waals surface area contributed by atoms with Gasteiger partial charge in [0.25, 0.3) is 0 Å². The second-order valence-electron chi connectivity index (χ2n) is 6.49. The minimum atomic E-state index is 0.505. The van der Waals surface area contributed by atoms with Gasteiger partial charge in [-0.2, -0.15) is 0 Å². The number of anilines is 1. The van der Waals surface area contributed by atoms with Crippen LogP contribution in [0.4, 0.5) is 5.95 Å². The molecule has 0 bridgehead atoms. The number of aromatic amines is 1. The lowest BCUT2D eigenvalue weighted by Crippen LogP contribution is -2.38. The van der Waals surface area contributed by atoms with Gasteiger partial charge in [0.2, 0.25) is 5.95 Å². The Balaban J connectivity index is 2.12. The Labute approximate surface area is 121 Å².